The van der Waals surface area contributed by atoms with Crippen molar-refractivity contribution in [2.24, 2.45) is 5.73 Å². The fraction of sp³-hybridized carbons (Fsp3) is 0.556. The first-order valence-corrected chi connectivity index (χ1v) is 8.51. The maximum Gasteiger partial charge on any atom is 0.100 e. The van der Waals surface area contributed by atoms with Crippen LogP contribution in [-0.4, -0.2) is 28.1 Å². The van der Waals surface area contributed by atoms with Crippen LogP contribution in [0.3, 0.4) is 0 Å². The van der Waals surface area contributed by atoms with Crippen molar-refractivity contribution in [1.82, 2.24) is 15.0 Å². The minimum atomic E-state index is -0.0518. The van der Waals surface area contributed by atoms with E-state index in [1.807, 2.05) is 4.68 Å². The number of nitrogens with zero attached hydrogens (tertiary/aromatic N) is 4. The minimum absolute atomic E-state index is 0.0518. The number of hydrogen-bond donors (Lipinski definition) is 1. The Balaban J connectivity index is 1.92. The molecular weight excluding hydrogens is 286 g/mol. The summed E-state index contributed by atoms with van der Waals surface area (Å²) in [7, 11) is 0. The van der Waals surface area contributed by atoms with Crippen molar-refractivity contribution >= 4 is 5.69 Å². The highest BCUT2D eigenvalue weighted by Gasteiger charge is 2.25. The lowest BCUT2D eigenvalue weighted by molar-refractivity contribution is 0.537. The number of anilines is 1. The molecule has 1 saturated heterocycles. The van der Waals surface area contributed by atoms with E-state index >= 15 is 0 Å². The molecule has 0 amide bonds. The van der Waals surface area contributed by atoms with Gasteiger partial charge in [-0.05, 0) is 43.5 Å². The van der Waals surface area contributed by atoms with Gasteiger partial charge in [0.1, 0.15) is 5.69 Å². The normalized spacial score (nSPS) is 15.9. The maximum atomic E-state index is 5.84. The summed E-state index contributed by atoms with van der Waals surface area (Å²) in [6.07, 6.45) is 3.93. The Kier molecular flexibility index (Phi) is 4.39. The van der Waals surface area contributed by atoms with E-state index in [0.717, 1.165) is 30.2 Å². The second kappa shape index (κ2) is 6.32. The molecule has 1 aliphatic rings. The number of rotatable bonds is 3. The van der Waals surface area contributed by atoms with E-state index in [0.29, 0.717) is 6.54 Å². The van der Waals surface area contributed by atoms with Gasteiger partial charge < -0.3 is 10.6 Å². The quantitative estimate of drug-likeness (QED) is 0.946. The van der Waals surface area contributed by atoms with Crippen molar-refractivity contribution in [3.8, 4) is 5.69 Å². The molecule has 124 valence electrons. The van der Waals surface area contributed by atoms with Gasteiger partial charge in [0.15, 0.2) is 0 Å². The lowest BCUT2D eigenvalue weighted by Crippen LogP contribution is -2.29. The van der Waals surface area contributed by atoms with Crippen molar-refractivity contribution in [2.45, 2.75) is 52.0 Å². The van der Waals surface area contributed by atoms with Crippen LogP contribution in [-0.2, 0) is 12.0 Å². The first-order chi connectivity index (χ1) is 11.0. The largest absolute Gasteiger partial charge is 0.372 e. The van der Waals surface area contributed by atoms with E-state index in [4.69, 9.17) is 5.73 Å². The fourth-order valence-electron chi connectivity index (χ4n) is 3.34. The van der Waals surface area contributed by atoms with Crippen LogP contribution in [0.4, 0.5) is 5.69 Å². The summed E-state index contributed by atoms with van der Waals surface area (Å²) in [5.41, 5.74) is 10.1. The van der Waals surface area contributed by atoms with E-state index in [2.05, 4.69) is 60.2 Å². The van der Waals surface area contributed by atoms with Crippen LogP contribution in [0.5, 0.6) is 0 Å². The van der Waals surface area contributed by atoms with E-state index in [1.165, 1.54) is 24.9 Å². The van der Waals surface area contributed by atoms with Crippen molar-refractivity contribution < 1.29 is 0 Å². The summed E-state index contributed by atoms with van der Waals surface area (Å²) in [6.45, 7) is 9.25. The standard InChI is InChI=1S/C18H27N5/c1-18(2,3)17-16(13-19)20-21-23(17)15-9-7-14(8-10-15)22-11-5-4-6-12-22/h7-10H,4-6,11-13,19H2,1-3H3. The molecule has 23 heavy (non-hydrogen) atoms. The second-order valence-corrected chi connectivity index (χ2v) is 7.31. The molecule has 5 nitrogen and oxygen atoms in total. The topological polar surface area (TPSA) is 60.0 Å². The molecule has 3 rings (SSSR count). The van der Waals surface area contributed by atoms with Crippen LogP contribution < -0.4 is 10.6 Å². The van der Waals surface area contributed by atoms with Gasteiger partial charge in [0.2, 0.25) is 0 Å². The summed E-state index contributed by atoms with van der Waals surface area (Å²) >= 11 is 0. The predicted octanol–water partition coefficient (Wildman–Crippen LogP) is 3.01. The first-order valence-electron chi connectivity index (χ1n) is 8.51. The number of piperidine rings is 1. The summed E-state index contributed by atoms with van der Waals surface area (Å²) in [6, 6.07) is 8.65. The molecule has 2 N–H and O–H groups in total. The van der Waals surface area contributed by atoms with Crippen molar-refractivity contribution in [1.29, 1.82) is 0 Å². The second-order valence-electron chi connectivity index (χ2n) is 7.31. The third kappa shape index (κ3) is 3.24. The third-order valence-electron chi connectivity index (χ3n) is 4.46. The Morgan fingerprint density at radius 1 is 1.00 bits per heavy atom. The number of nitrogens with two attached hydrogens (primary N) is 1. The van der Waals surface area contributed by atoms with E-state index in [1.54, 1.807) is 0 Å². The van der Waals surface area contributed by atoms with Gasteiger partial charge in [-0.1, -0.05) is 26.0 Å². The van der Waals surface area contributed by atoms with Gasteiger partial charge >= 0.3 is 0 Å². The first kappa shape index (κ1) is 16.0. The van der Waals surface area contributed by atoms with Crippen LogP contribution in [0.25, 0.3) is 5.69 Å². The molecule has 5 heteroatoms. The summed E-state index contributed by atoms with van der Waals surface area (Å²) < 4.78 is 1.93. The summed E-state index contributed by atoms with van der Waals surface area (Å²) in [5, 5.41) is 8.61. The third-order valence-corrected chi connectivity index (χ3v) is 4.46. The molecule has 1 aromatic carbocycles. The Labute approximate surface area is 138 Å². The van der Waals surface area contributed by atoms with Gasteiger partial charge in [-0.15, -0.1) is 5.10 Å². The van der Waals surface area contributed by atoms with Crippen LogP contribution in [0, 0.1) is 0 Å². The zero-order chi connectivity index (χ0) is 16.4. The molecular formula is C18H27N5. The predicted molar refractivity (Wildman–Crippen MR) is 94.0 cm³/mol. The van der Waals surface area contributed by atoms with E-state index in [9.17, 15) is 0 Å². The highest BCUT2D eigenvalue weighted by Crippen LogP contribution is 2.28. The monoisotopic (exact) mass is 313 g/mol. The Hall–Kier alpha value is -1.88. The van der Waals surface area contributed by atoms with E-state index < -0.39 is 0 Å². The summed E-state index contributed by atoms with van der Waals surface area (Å²) in [5.74, 6) is 0. The molecule has 0 bridgehead atoms. The molecule has 0 radical (unpaired) electrons. The van der Waals surface area contributed by atoms with Crippen molar-refractivity contribution in [3.63, 3.8) is 0 Å². The van der Waals surface area contributed by atoms with Gasteiger partial charge in [0.25, 0.3) is 0 Å². The van der Waals surface area contributed by atoms with E-state index in [-0.39, 0.29) is 5.41 Å². The average molecular weight is 313 g/mol. The molecule has 1 aromatic heterocycles. The van der Waals surface area contributed by atoms with Gasteiger partial charge in [0.05, 0.1) is 11.4 Å². The maximum absolute atomic E-state index is 5.84. The Bertz CT molecular complexity index is 645. The fourth-order valence-corrected chi connectivity index (χ4v) is 3.34. The van der Waals surface area contributed by atoms with Crippen LogP contribution in [0.15, 0.2) is 24.3 Å². The lowest BCUT2D eigenvalue weighted by Gasteiger charge is -2.29. The average Bonchev–Trinajstić information content (AvgIpc) is 3.00. The van der Waals surface area contributed by atoms with Crippen molar-refractivity contribution in [3.05, 3.63) is 35.7 Å². The molecule has 2 heterocycles. The molecule has 0 unspecified atom stereocenters. The SMILES string of the molecule is CC(C)(C)c1c(CN)nnn1-c1ccc(N2CCCCC2)cc1. The molecule has 0 saturated carbocycles. The van der Waals surface area contributed by atoms with Gasteiger partial charge in [-0.3, -0.25) is 0 Å². The smallest absolute Gasteiger partial charge is 0.100 e. The number of benzene rings is 1. The number of aromatic nitrogens is 3. The molecule has 1 aliphatic heterocycles. The van der Waals surface area contributed by atoms with Gasteiger partial charge in [0, 0.05) is 30.7 Å². The van der Waals surface area contributed by atoms with Crippen molar-refractivity contribution in [2.75, 3.05) is 18.0 Å². The van der Waals surface area contributed by atoms with Gasteiger partial charge in [-0.25, -0.2) is 4.68 Å². The van der Waals surface area contributed by atoms with Crippen LogP contribution in [0.1, 0.15) is 51.4 Å². The molecule has 0 aliphatic carbocycles. The number of hydrogen-bond acceptors (Lipinski definition) is 4. The molecule has 1 fully saturated rings. The molecule has 0 atom stereocenters. The summed E-state index contributed by atoms with van der Waals surface area (Å²) in [4.78, 5) is 2.46. The Morgan fingerprint density at radius 2 is 1.61 bits per heavy atom. The highest BCUT2D eigenvalue weighted by atomic mass is 15.4. The lowest BCUT2D eigenvalue weighted by atomic mass is 9.90. The minimum Gasteiger partial charge on any atom is -0.372 e. The van der Waals surface area contributed by atoms with Crippen LogP contribution >= 0.6 is 0 Å². The molecule has 0 spiro atoms. The zero-order valence-electron chi connectivity index (χ0n) is 14.4. The Morgan fingerprint density at radius 3 is 2.17 bits per heavy atom. The zero-order valence-corrected chi connectivity index (χ0v) is 14.4. The van der Waals surface area contributed by atoms with Crippen LogP contribution in [0.2, 0.25) is 0 Å². The highest BCUT2D eigenvalue weighted by molar-refractivity contribution is 5.51. The molecule has 2 aromatic rings. The van der Waals surface area contributed by atoms with Gasteiger partial charge in [-0.2, -0.15) is 0 Å².